The molecule has 0 radical (unpaired) electrons. The van der Waals surface area contributed by atoms with Gasteiger partial charge in [0.15, 0.2) is 0 Å². The normalized spacial score (nSPS) is 27.1. The highest BCUT2D eigenvalue weighted by Crippen LogP contribution is 2.46. The Hall–Kier alpha value is -4.47. The number of ether oxygens (including phenoxy) is 3. The molecular weight excluding hydrogens is 717 g/mol. The van der Waals surface area contributed by atoms with Crippen LogP contribution in [0.5, 0.6) is 11.6 Å². The molecule has 3 fully saturated rings. The van der Waals surface area contributed by atoms with E-state index in [9.17, 15) is 27.6 Å². The number of aromatic nitrogens is 2. The van der Waals surface area contributed by atoms with Crippen molar-refractivity contribution < 1.29 is 41.8 Å². The molecular formula is C38H52N6O9S. The van der Waals surface area contributed by atoms with Crippen molar-refractivity contribution in [2.24, 2.45) is 5.92 Å². The molecule has 0 bridgehead atoms. The lowest BCUT2D eigenvalue weighted by Crippen LogP contribution is -2.58. The van der Waals surface area contributed by atoms with E-state index in [0.29, 0.717) is 54.6 Å². The summed E-state index contributed by atoms with van der Waals surface area (Å²) in [6, 6.07) is 3.22. The Bertz CT molecular complexity index is 1930. The topological polar surface area (TPSA) is 195 Å². The van der Waals surface area contributed by atoms with Crippen LogP contribution in [0.3, 0.4) is 0 Å². The Balaban J connectivity index is 1.33. The lowest BCUT2D eigenvalue weighted by atomic mass is 10.0. The summed E-state index contributed by atoms with van der Waals surface area (Å²) >= 11 is 0. The zero-order chi connectivity index (χ0) is 39.0. The number of rotatable bonds is 8. The quantitative estimate of drug-likeness (QED) is 0.329. The monoisotopic (exact) mass is 768 g/mol. The van der Waals surface area contributed by atoms with Crippen molar-refractivity contribution in [2.45, 2.75) is 133 Å². The molecule has 1 aromatic heterocycles. The van der Waals surface area contributed by atoms with Crippen LogP contribution in [0.1, 0.15) is 104 Å². The van der Waals surface area contributed by atoms with Crippen molar-refractivity contribution in [1.82, 2.24) is 30.2 Å². The van der Waals surface area contributed by atoms with Crippen LogP contribution in [0.4, 0.5) is 4.79 Å². The van der Waals surface area contributed by atoms with Crippen LogP contribution in [-0.2, 0) is 29.1 Å². The lowest BCUT2D eigenvalue weighted by molar-refractivity contribution is -0.141. The minimum atomic E-state index is -3.90. The zero-order valence-electron chi connectivity index (χ0n) is 31.8. The Labute approximate surface area is 316 Å². The minimum absolute atomic E-state index is 0.0304. The molecule has 4 amide bonds. The van der Waals surface area contributed by atoms with Crippen molar-refractivity contribution in [3.63, 3.8) is 0 Å². The Morgan fingerprint density at radius 3 is 2.50 bits per heavy atom. The molecule has 2 saturated carbocycles. The molecule has 6 rings (SSSR count). The summed E-state index contributed by atoms with van der Waals surface area (Å²) in [6.07, 6.45) is 6.67. The van der Waals surface area contributed by atoms with E-state index >= 15 is 0 Å². The summed E-state index contributed by atoms with van der Waals surface area (Å²) in [4.78, 5) is 66.6. The van der Waals surface area contributed by atoms with Gasteiger partial charge in [0.1, 0.15) is 40.8 Å². The fraction of sp³-hybridized carbons (Fsp3) is 0.632. The van der Waals surface area contributed by atoms with Crippen molar-refractivity contribution in [2.75, 3.05) is 13.7 Å². The second-order valence-electron chi connectivity index (χ2n) is 16.1. The number of carbonyl (C=O) groups excluding carboxylic acids is 4. The third kappa shape index (κ3) is 8.90. The van der Waals surface area contributed by atoms with E-state index in [4.69, 9.17) is 24.2 Å². The van der Waals surface area contributed by atoms with Crippen molar-refractivity contribution >= 4 is 44.9 Å². The second-order valence-corrected chi connectivity index (χ2v) is 18.1. The highest BCUT2D eigenvalue weighted by Gasteiger charge is 2.62. The number of methoxy groups -OCH3 is 1. The first-order valence-corrected chi connectivity index (χ1v) is 20.4. The summed E-state index contributed by atoms with van der Waals surface area (Å²) in [5.74, 6) is -1.59. The van der Waals surface area contributed by atoms with Crippen molar-refractivity contribution in [1.29, 1.82) is 0 Å². The van der Waals surface area contributed by atoms with Gasteiger partial charge < -0.3 is 29.7 Å². The van der Waals surface area contributed by atoms with Gasteiger partial charge >= 0.3 is 6.09 Å². The molecule has 1 saturated heterocycles. The van der Waals surface area contributed by atoms with E-state index in [-0.39, 0.29) is 31.2 Å². The van der Waals surface area contributed by atoms with E-state index in [1.165, 1.54) is 4.90 Å². The van der Waals surface area contributed by atoms with Crippen LogP contribution in [0.15, 0.2) is 30.4 Å². The maximum Gasteiger partial charge on any atom is 0.408 e. The van der Waals surface area contributed by atoms with E-state index < -0.39 is 74.3 Å². The molecule has 16 heteroatoms. The minimum Gasteiger partial charge on any atom is -0.497 e. The van der Waals surface area contributed by atoms with Gasteiger partial charge in [0, 0.05) is 24.3 Å². The molecule has 0 spiro atoms. The number of amides is 4. The first kappa shape index (κ1) is 39.2. The number of fused-ring (bicyclic) bond motifs is 3. The van der Waals surface area contributed by atoms with Gasteiger partial charge in [-0.1, -0.05) is 38.8 Å². The fourth-order valence-corrected chi connectivity index (χ4v) is 8.44. The summed E-state index contributed by atoms with van der Waals surface area (Å²) in [5.41, 5.74) is -0.533. The Kier molecular flexibility index (Phi) is 11.1. The van der Waals surface area contributed by atoms with Gasteiger partial charge in [-0.25, -0.2) is 23.2 Å². The second kappa shape index (κ2) is 15.3. The third-order valence-electron chi connectivity index (χ3n) is 10.2. The number of hydrogen-bond donors (Lipinski definition) is 3. The molecule has 15 nitrogen and oxygen atoms in total. The van der Waals surface area contributed by atoms with Gasteiger partial charge in [-0.05, 0) is 71.4 Å². The number of alkyl carbamates (subject to hydrolysis) is 1. The van der Waals surface area contributed by atoms with Crippen LogP contribution in [0.2, 0.25) is 0 Å². The number of hydrogen-bond acceptors (Lipinski definition) is 11. The van der Waals surface area contributed by atoms with Crippen molar-refractivity contribution in [3.8, 4) is 11.6 Å². The van der Waals surface area contributed by atoms with Crippen LogP contribution < -0.4 is 24.8 Å². The number of carbonyl (C=O) groups is 4. The average Bonchev–Trinajstić information content (AvgIpc) is 4.02. The van der Waals surface area contributed by atoms with Gasteiger partial charge in [-0.15, -0.1) is 0 Å². The highest BCUT2D eigenvalue weighted by atomic mass is 32.2. The molecule has 4 aliphatic rings. The van der Waals surface area contributed by atoms with E-state index in [1.54, 1.807) is 40.0 Å². The summed E-state index contributed by atoms with van der Waals surface area (Å²) < 4.78 is 45.3. The van der Waals surface area contributed by atoms with Gasteiger partial charge in [0.25, 0.3) is 5.91 Å². The molecule has 54 heavy (non-hydrogen) atoms. The van der Waals surface area contributed by atoms with Crippen LogP contribution in [0, 0.1) is 5.92 Å². The smallest absolute Gasteiger partial charge is 0.408 e. The van der Waals surface area contributed by atoms with Crippen molar-refractivity contribution in [3.05, 3.63) is 36.0 Å². The molecule has 294 valence electrons. The molecule has 2 aromatic rings. The molecule has 3 heterocycles. The maximum atomic E-state index is 14.5. The predicted molar refractivity (Wildman–Crippen MR) is 199 cm³/mol. The summed E-state index contributed by atoms with van der Waals surface area (Å²) in [7, 11) is -2.34. The van der Waals surface area contributed by atoms with E-state index in [0.717, 1.165) is 12.8 Å². The first-order chi connectivity index (χ1) is 25.5. The van der Waals surface area contributed by atoms with Gasteiger partial charge in [-0.3, -0.25) is 19.1 Å². The highest BCUT2D eigenvalue weighted by molar-refractivity contribution is 7.91. The SMILES string of the molecule is COc1ccc2nc(C(C)C)c(O[C@@H]3C[C@H]4C(=O)N[C@]5(C(=O)NS(=O)(=O)C6CC6)C[C@H]5/C=C\CCCCC[C@H](NC(=O)OC(C)(C)C)C(=O)N4C3)nc2c1. The molecule has 5 atom stereocenters. The first-order valence-electron chi connectivity index (χ1n) is 18.9. The third-order valence-corrected chi connectivity index (χ3v) is 12.0. The Morgan fingerprint density at radius 1 is 1.06 bits per heavy atom. The summed E-state index contributed by atoms with van der Waals surface area (Å²) in [5, 5.41) is 4.99. The maximum absolute atomic E-state index is 14.5. The standard InChI is InChI=1S/C38H52N6O9S/c1-22(2)31-33(40-29-18-24(51-6)14-17-27(29)39-31)52-25-19-30-32(45)42-38(35(47)43-54(49,50)26-15-16-26)20-23(38)12-10-8-7-9-11-13-28(34(46)44(30)21-25)41-36(48)53-37(3,4)5/h10,12,14,17-18,22-23,25-26,28,30H,7-9,11,13,15-16,19-21H2,1-6H3,(H,41,48)(H,42,45)(H,43,47)/b12-10-/t23-,25-,28+,30+,38-/m1/s1. The number of allylic oxidation sites excluding steroid dienone is 1. The molecule has 2 aliphatic carbocycles. The van der Waals surface area contributed by atoms with Gasteiger partial charge in [-0.2, -0.15) is 0 Å². The molecule has 2 aliphatic heterocycles. The number of nitrogens with one attached hydrogen (secondary N) is 3. The van der Waals surface area contributed by atoms with Crippen LogP contribution in [0.25, 0.3) is 11.0 Å². The number of sulfonamides is 1. The predicted octanol–water partition coefficient (Wildman–Crippen LogP) is 4.01. The van der Waals surface area contributed by atoms with Crippen LogP contribution >= 0.6 is 0 Å². The largest absolute Gasteiger partial charge is 0.497 e. The molecule has 0 unspecified atom stereocenters. The van der Waals surface area contributed by atoms with E-state index in [2.05, 4.69) is 15.4 Å². The fourth-order valence-electron chi connectivity index (χ4n) is 7.08. The Morgan fingerprint density at radius 2 is 1.81 bits per heavy atom. The molecule has 1 aromatic carbocycles. The van der Waals surface area contributed by atoms with Crippen LogP contribution in [-0.4, -0.2) is 95.3 Å². The summed E-state index contributed by atoms with van der Waals surface area (Å²) in [6.45, 7) is 9.08. The average molecular weight is 769 g/mol. The lowest BCUT2D eigenvalue weighted by Gasteiger charge is -2.30. The number of nitrogens with zero attached hydrogens (tertiary/aromatic N) is 3. The zero-order valence-corrected chi connectivity index (χ0v) is 32.7. The van der Waals surface area contributed by atoms with Gasteiger partial charge in [0.2, 0.25) is 27.7 Å². The number of benzene rings is 1. The van der Waals surface area contributed by atoms with Gasteiger partial charge in [0.05, 0.1) is 29.9 Å². The molecule has 3 N–H and O–H groups in total. The van der Waals surface area contributed by atoms with E-state index in [1.807, 2.05) is 32.1 Å².